The van der Waals surface area contributed by atoms with Gasteiger partial charge in [-0.2, -0.15) is 0 Å². The van der Waals surface area contributed by atoms with Crippen LogP contribution in [0.2, 0.25) is 0 Å². The monoisotopic (exact) mass is 259 g/mol. The Morgan fingerprint density at radius 2 is 2.05 bits per heavy atom. The predicted octanol–water partition coefficient (Wildman–Crippen LogP) is 2.96. The van der Waals surface area contributed by atoms with E-state index in [1.807, 2.05) is 43.5 Å². The lowest BCUT2D eigenvalue weighted by atomic mass is 9.99. The maximum absolute atomic E-state index is 10.9. The van der Waals surface area contributed by atoms with Crippen LogP contribution in [0.1, 0.15) is 23.5 Å². The minimum Gasteiger partial charge on any atom is -0.493 e. The van der Waals surface area contributed by atoms with E-state index in [1.165, 1.54) is 5.56 Å². The number of aromatic amines is 1. The summed E-state index contributed by atoms with van der Waals surface area (Å²) in [5.41, 5.74) is 2.12. The van der Waals surface area contributed by atoms with Gasteiger partial charge in [-0.3, -0.25) is 4.79 Å². The number of rotatable bonds is 6. The zero-order valence-corrected chi connectivity index (χ0v) is 10.8. The number of H-pyrrole nitrogens is 1. The molecule has 0 radical (unpaired) electrons. The number of aromatic nitrogens is 1. The number of carboxylic acids is 1. The molecule has 0 aliphatic rings. The number of ether oxygens (including phenoxy) is 1. The van der Waals surface area contributed by atoms with Crippen molar-refractivity contribution in [3.8, 4) is 5.75 Å². The number of carboxylic acid groups (broad SMARTS) is 1. The van der Waals surface area contributed by atoms with Crippen LogP contribution in [0.4, 0.5) is 0 Å². The number of hydrogen-bond donors (Lipinski definition) is 2. The molecule has 1 unspecified atom stereocenters. The molecule has 2 aromatic rings. The molecule has 100 valence electrons. The Morgan fingerprint density at radius 1 is 1.32 bits per heavy atom. The molecule has 1 heterocycles. The Hall–Kier alpha value is -2.23. The average molecular weight is 259 g/mol. The van der Waals surface area contributed by atoms with Gasteiger partial charge in [0.05, 0.1) is 13.0 Å². The van der Waals surface area contributed by atoms with Crippen LogP contribution in [0.5, 0.6) is 5.75 Å². The van der Waals surface area contributed by atoms with Gasteiger partial charge in [-0.25, -0.2) is 0 Å². The van der Waals surface area contributed by atoms with Crippen LogP contribution in [0.25, 0.3) is 0 Å². The first-order valence-electron chi connectivity index (χ1n) is 6.19. The number of nitrogens with one attached hydrogen (secondary N) is 1. The van der Waals surface area contributed by atoms with Crippen LogP contribution in [0.15, 0.2) is 42.7 Å². The summed E-state index contributed by atoms with van der Waals surface area (Å²) in [4.78, 5) is 13.8. The molecule has 0 fully saturated rings. The third kappa shape index (κ3) is 3.88. The van der Waals surface area contributed by atoms with Crippen molar-refractivity contribution < 1.29 is 14.6 Å². The molecule has 0 amide bonds. The molecule has 0 aliphatic heterocycles. The Morgan fingerprint density at radius 3 is 2.63 bits per heavy atom. The van der Waals surface area contributed by atoms with Gasteiger partial charge >= 0.3 is 5.97 Å². The zero-order chi connectivity index (χ0) is 13.7. The predicted molar refractivity (Wildman–Crippen MR) is 72.5 cm³/mol. The molecule has 2 N–H and O–H groups in total. The molecule has 4 heteroatoms. The molecule has 1 aromatic carbocycles. The third-order valence-electron chi connectivity index (χ3n) is 2.99. The number of hydrogen-bond acceptors (Lipinski definition) is 2. The quantitative estimate of drug-likeness (QED) is 0.838. The molecule has 0 aliphatic carbocycles. The molecular formula is C15H17NO3. The van der Waals surface area contributed by atoms with E-state index in [1.54, 1.807) is 6.20 Å². The minimum atomic E-state index is -0.821. The van der Waals surface area contributed by atoms with Crippen molar-refractivity contribution in [2.75, 3.05) is 6.61 Å². The summed E-state index contributed by atoms with van der Waals surface area (Å²) in [7, 11) is 0. The van der Waals surface area contributed by atoms with Gasteiger partial charge < -0.3 is 14.8 Å². The molecule has 0 saturated carbocycles. The van der Waals surface area contributed by atoms with Gasteiger partial charge in [-0.1, -0.05) is 17.7 Å². The summed E-state index contributed by atoms with van der Waals surface area (Å²) >= 11 is 0. The van der Waals surface area contributed by atoms with E-state index in [0.717, 1.165) is 11.3 Å². The second-order valence-electron chi connectivity index (χ2n) is 4.56. The number of aryl methyl sites for hydroxylation is 1. The van der Waals surface area contributed by atoms with Gasteiger partial charge in [0.2, 0.25) is 0 Å². The van der Waals surface area contributed by atoms with Gasteiger partial charge in [0.25, 0.3) is 0 Å². The minimum absolute atomic E-state index is 0.0592. The molecule has 0 bridgehead atoms. The second kappa shape index (κ2) is 6.09. The maximum atomic E-state index is 10.9. The van der Waals surface area contributed by atoms with Crippen LogP contribution in [-0.2, 0) is 4.79 Å². The number of benzene rings is 1. The average Bonchev–Trinajstić information content (AvgIpc) is 2.90. The van der Waals surface area contributed by atoms with Crippen LogP contribution >= 0.6 is 0 Å². The summed E-state index contributed by atoms with van der Waals surface area (Å²) in [6.45, 7) is 2.37. The van der Waals surface area contributed by atoms with E-state index in [0.29, 0.717) is 6.61 Å². The smallest absolute Gasteiger partial charge is 0.304 e. The fourth-order valence-electron chi connectivity index (χ4n) is 1.91. The largest absolute Gasteiger partial charge is 0.493 e. The van der Waals surface area contributed by atoms with Gasteiger partial charge in [0.15, 0.2) is 0 Å². The third-order valence-corrected chi connectivity index (χ3v) is 2.99. The molecule has 2 rings (SSSR count). The lowest BCUT2D eigenvalue weighted by molar-refractivity contribution is -0.137. The Bertz CT molecular complexity index is 517. The highest BCUT2D eigenvalue weighted by molar-refractivity contribution is 5.68. The van der Waals surface area contributed by atoms with E-state index in [4.69, 9.17) is 9.84 Å². The first kappa shape index (κ1) is 13.2. The summed E-state index contributed by atoms with van der Waals surface area (Å²) in [6.07, 6.45) is 3.66. The summed E-state index contributed by atoms with van der Waals surface area (Å²) in [6, 6.07) is 9.61. The van der Waals surface area contributed by atoms with E-state index < -0.39 is 5.97 Å². The Kier molecular flexibility index (Phi) is 4.23. The van der Waals surface area contributed by atoms with Crippen LogP contribution in [0.3, 0.4) is 0 Å². The van der Waals surface area contributed by atoms with Crippen molar-refractivity contribution in [1.29, 1.82) is 0 Å². The topological polar surface area (TPSA) is 62.3 Å². The second-order valence-corrected chi connectivity index (χ2v) is 4.56. The molecule has 1 atom stereocenters. The van der Waals surface area contributed by atoms with Crippen molar-refractivity contribution >= 4 is 5.97 Å². The first-order valence-corrected chi connectivity index (χ1v) is 6.19. The lowest BCUT2D eigenvalue weighted by Crippen LogP contribution is -2.14. The van der Waals surface area contributed by atoms with Gasteiger partial charge in [-0.15, -0.1) is 0 Å². The molecule has 0 saturated heterocycles. The van der Waals surface area contributed by atoms with Crippen molar-refractivity contribution in [2.45, 2.75) is 19.3 Å². The van der Waals surface area contributed by atoms with Gasteiger partial charge in [0, 0.05) is 18.3 Å². The van der Waals surface area contributed by atoms with Crippen LogP contribution in [-0.4, -0.2) is 22.7 Å². The van der Waals surface area contributed by atoms with Crippen molar-refractivity contribution in [2.24, 2.45) is 0 Å². The first-order chi connectivity index (χ1) is 9.15. The van der Waals surface area contributed by atoms with E-state index in [9.17, 15) is 4.79 Å². The van der Waals surface area contributed by atoms with Crippen molar-refractivity contribution in [3.05, 3.63) is 53.9 Å². The number of carbonyl (C=O) groups is 1. The molecule has 0 spiro atoms. The summed E-state index contributed by atoms with van der Waals surface area (Å²) in [5.74, 6) is -0.208. The SMILES string of the molecule is Cc1ccc(OCC(CC(=O)O)c2cc[nH]c2)cc1. The highest BCUT2D eigenvalue weighted by atomic mass is 16.5. The fourth-order valence-corrected chi connectivity index (χ4v) is 1.91. The van der Waals surface area contributed by atoms with Crippen LogP contribution < -0.4 is 4.74 Å². The molecular weight excluding hydrogens is 242 g/mol. The fraction of sp³-hybridized carbons (Fsp3) is 0.267. The molecule has 19 heavy (non-hydrogen) atoms. The summed E-state index contributed by atoms with van der Waals surface area (Å²) < 4.78 is 5.67. The summed E-state index contributed by atoms with van der Waals surface area (Å²) in [5, 5.41) is 8.95. The lowest BCUT2D eigenvalue weighted by Gasteiger charge is -2.15. The Balaban J connectivity index is 2.00. The maximum Gasteiger partial charge on any atom is 0.304 e. The van der Waals surface area contributed by atoms with E-state index >= 15 is 0 Å². The normalized spacial score (nSPS) is 12.1. The standard InChI is InChI=1S/C15H17NO3/c1-11-2-4-14(5-3-11)19-10-13(8-15(17)18)12-6-7-16-9-12/h2-7,9,13,16H,8,10H2,1H3,(H,17,18). The molecule has 4 nitrogen and oxygen atoms in total. The van der Waals surface area contributed by atoms with Gasteiger partial charge in [-0.05, 0) is 30.7 Å². The van der Waals surface area contributed by atoms with E-state index in [2.05, 4.69) is 4.98 Å². The van der Waals surface area contributed by atoms with Gasteiger partial charge in [0.1, 0.15) is 5.75 Å². The molecule has 1 aromatic heterocycles. The number of aliphatic carboxylic acids is 1. The van der Waals surface area contributed by atoms with Crippen molar-refractivity contribution in [1.82, 2.24) is 4.98 Å². The van der Waals surface area contributed by atoms with Crippen molar-refractivity contribution in [3.63, 3.8) is 0 Å². The van der Waals surface area contributed by atoms with Crippen LogP contribution in [0, 0.1) is 6.92 Å². The highest BCUT2D eigenvalue weighted by Crippen LogP contribution is 2.21. The van der Waals surface area contributed by atoms with E-state index in [-0.39, 0.29) is 12.3 Å². The Labute approximate surface area is 112 Å². The highest BCUT2D eigenvalue weighted by Gasteiger charge is 2.17. The zero-order valence-electron chi connectivity index (χ0n) is 10.8.